The van der Waals surface area contributed by atoms with Gasteiger partial charge in [0, 0.05) is 11.9 Å². The van der Waals surface area contributed by atoms with Crippen LogP contribution in [0.15, 0.2) is 58.3 Å². The normalized spacial score (nSPS) is 25.8. The molecule has 6 nitrogen and oxygen atoms in total. The summed E-state index contributed by atoms with van der Waals surface area (Å²) >= 11 is 0. The number of aliphatic imine (C=N–C) groups is 1. The Hall–Kier alpha value is -3.41. The molecule has 0 spiro atoms. The number of hydrogen-bond donors (Lipinski definition) is 1. The molecule has 4 fully saturated rings. The first-order valence-electron chi connectivity index (χ1n) is 14.2. The summed E-state index contributed by atoms with van der Waals surface area (Å²) in [7, 11) is 0. The minimum atomic E-state index is -0.326. The molecule has 4 aliphatic rings. The van der Waals surface area contributed by atoms with Crippen molar-refractivity contribution in [3.05, 3.63) is 81.3 Å². The molecule has 4 bridgehead atoms. The van der Waals surface area contributed by atoms with Gasteiger partial charge in [-0.3, -0.25) is 14.9 Å². The van der Waals surface area contributed by atoms with Crippen molar-refractivity contribution in [2.24, 2.45) is 22.7 Å². The van der Waals surface area contributed by atoms with E-state index in [1.165, 1.54) is 44.1 Å². The van der Waals surface area contributed by atoms with E-state index in [-0.39, 0.29) is 11.5 Å². The number of unbranched alkanes of at least 4 members (excludes halogenated alkanes) is 1. The number of hydrogen-bond acceptors (Lipinski definition) is 4. The Kier molecular flexibility index (Phi) is 6.58. The van der Waals surface area contributed by atoms with Crippen molar-refractivity contribution in [2.45, 2.75) is 70.6 Å². The van der Waals surface area contributed by atoms with Gasteiger partial charge in [-0.15, -0.1) is 0 Å². The number of carbonyl (C=O) groups is 1. The lowest BCUT2D eigenvalue weighted by molar-refractivity contribution is -0.00518. The molecule has 0 aliphatic heterocycles. The molecule has 4 saturated carbocycles. The minimum Gasteiger partial charge on any atom is -0.462 e. The highest BCUT2D eigenvalue weighted by molar-refractivity contribution is 5.90. The molecule has 38 heavy (non-hydrogen) atoms. The highest BCUT2D eigenvalue weighted by Gasteiger charge is 2.51. The highest BCUT2D eigenvalue weighted by Crippen LogP contribution is 2.60. The molecule has 1 heterocycles. The first-order valence-corrected chi connectivity index (χ1v) is 14.2. The summed E-state index contributed by atoms with van der Waals surface area (Å²) < 4.78 is 6.86. The summed E-state index contributed by atoms with van der Waals surface area (Å²) in [5, 5.41) is 3.22. The van der Waals surface area contributed by atoms with Crippen LogP contribution in [0.5, 0.6) is 0 Å². The number of rotatable bonds is 8. The molecule has 7 rings (SSSR count). The average molecular weight is 512 g/mol. The number of aromatic amines is 1. The van der Waals surface area contributed by atoms with E-state index in [1.807, 2.05) is 6.92 Å². The lowest BCUT2D eigenvalue weighted by atomic mass is 9.48. The van der Waals surface area contributed by atoms with Gasteiger partial charge in [0.2, 0.25) is 0 Å². The second-order valence-electron chi connectivity index (χ2n) is 11.8. The standard InChI is InChI=1S/C32H37N3O3/c1-3-4-13-38-31(37)25-5-9-27(10-6-25)33-20-29-21(2)34-35(30(29)36)28-11-7-26(8-12-28)32-17-22-14-23(18-32)16-24(15-22)19-32/h5-12,20,22-24,34H,3-4,13-19H2,1-2H3. The van der Waals surface area contributed by atoms with Crippen LogP contribution in [-0.2, 0) is 10.2 Å². The Labute approximate surface area is 224 Å². The van der Waals surface area contributed by atoms with Gasteiger partial charge in [-0.1, -0.05) is 25.5 Å². The predicted molar refractivity (Wildman–Crippen MR) is 150 cm³/mol. The monoisotopic (exact) mass is 511 g/mol. The molecule has 6 heteroatoms. The number of nitrogens with zero attached hydrogens (tertiary/aromatic N) is 2. The number of benzene rings is 2. The van der Waals surface area contributed by atoms with Gasteiger partial charge in [0.05, 0.1) is 29.1 Å². The zero-order valence-corrected chi connectivity index (χ0v) is 22.4. The quantitative estimate of drug-likeness (QED) is 0.209. The van der Waals surface area contributed by atoms with Crippen molar-refractivity contribution in [3.63, 3.8) is 0 Å². The van der Waals surface area contributed by atoms with Crippen LogP contribution in [0.2, 0.25) is 0 Å². The third-order valence-corrected chi connectivity index (χ3v) is 9.07. The summed E-state index contributed by atoms with van der Waals surface area (Å²) in [6.45, 7) is 4.37. The van der Waals surface area contributed by atoms with E-state index in [4.69, 9.17) is 4.74 Å². The van der Waals surface area contributed by atoms with Crippen molar-refractivity contribution in [1.82, 2.24) is 9.78 Å². The molecule has 198 valence electrons. The van der Waals surface area contributed by atoms with Gasteiger partial charge < -0.3 is 4.74 Å². The molecule has 4 aliphatic carbocycles. The maximum atomic E-state index is 13.3. The van der Waals surface area contributed by atoms with E-state index in [9.17, 15) is 9.59 Å². The van der Waals surface area contributed by atoms with Gasteiger partial charge >= 0.3 is 5.97 Å². The SMILES string of the molecule is CCCCOC(=O)c1ccc(N=Cc2c(C)[nH]n(-c3ccc(C45CC6CC(CC(C6)C4)C5)cc3)c2=O)cc1. The Morgan fingerprint density at radius 2 is 1.66 bits per heavy atom. The van der Waals surface area contributed by atoms with Crippen LogP contribution in [-0.4, -0.2) is 28.6 Å². The number of carbonyl (C=O) groups excluding carboxylic acids is 1. The first kappa shape index (κ1) is 24.9. The van der Waals surface area contributed by atoms with E-state index in [1.54, 1.807) is 35.2 Å². The van der Waals surface area contributed by atoms with Crippen LogP contribution in [0.25, 0.3) is 5.69 Å². The van der Waals surface area contributed by atoms with Crippen molar-refractivity contribution < 1.29 is 9.53 Å². The van der Waals surface area contributed by atoms with Crippen molar-refractivity contribution >= 4 is 17.9 Å². The van der Waals surface area contributed by atoms with E-state index in [0.717, 1.165) is 42.0 Å². The molecule has 0 radical (unpaired) electrons. The Morgan fingerprint density at radius 1 is 1.03 bits per heavy atom. The number of nitrogens with one attached hydrogen (secondary N) is 1. The van der Waals surface area contributed by atoms with Crippen LogP contribution in [0.3, 0.4) is 0 Å². The van der Waals surface area contributed by atoms with E-state index >= 15 is 0 Å². The molecule has 0 saturated heterocycles. The third-order valence-electron chi connectivity index (χ3n) is 9.07. The second kappa shape index (κ2) is 10.0. The average Bonchev–Trinajstić information content (AvgIpc) is 3.20. The highest BCUT2D eigenvalue weighted by atomic mass is 16.5. The van der Waals surface area contributed by atoms with Crippen molar-refractivity contribution in [3.8, 4) is 5.69 Å². The maximum absolute atomic E-state index is 13.3. The summed E-state index contributed by atoms with van der Waals surface area (Å²) in [5.41, 5.74) is 4.99. The third kappa shape index (κ3) is 4.65. The summed E-state index contributed by atoms with van der Waals surface area (Å²) in [6, 6.07) is 15.6. The smallest absolute Gasteiger partial charge is 0.338 e. The molecule has 0 atom stereocenters. The lowest BCUT2D eigenvalue weighted by Gasteiger charge is -2.57. The van der Waals surface area contributed by atoms with Gasteiger partial charge in [0.1, 0.15) is 0 Å². The van der Waals surface area contributed by atoms with E-state index in [0.29, 0.717) is 28.8 Å². The fourth-order valence-corrected chi connectivity index (χ4v) is 7.54. The molecule has 0 unspecified atom stereocenters. The molecular formula is C32H37N3O3. The van der Waals surface area contributed by atoms with E-state index < -0.39 is 0 Å². The largest absolute Gasteiger partial charge is 0.462 e. The fraction of sp³-hybridized carbons (Fsp3) is 0.469. The van der Waals surface area contributed by atoms with Crippen LogP contribution in [0, 0.1) is 24.7 Å². The summed E-state index contributed by atoms with van der Waals surface area (Å²) in [6.07, 6.45) is 11.8. The number of aromatic nitrogens is 2. The summed E-state index contributed by atoms with van der Waals surface area (Å²) in [4.78, 5) is 29.9. The zero-order valence-electron chi connectivity index (χ0n) is 22.4. The fourth-order valence-electron chi connectivity index (χ4n) is 7.54. The van der Waals surface area contributed by atoms with Gasteiger partial charge in [-0.2, -0.15) is 0 Å². The van der Waals surface area contributed by atoms with Crippen molar-refractivity contribution in [2.75, 3.05) is 6.61 Å². The molecule has 3 aromatic rings. The van der Waals surface area contributed by atoms with Crippen LogP contribution in [0.1, 0.15) is 85.5 Å². The second-order valence-corrected chi connectivity index (χ2v) is 11.8. The minimum absolute atomic E-state index is 0.120. The van der Waals surface area contributed by atoms with Gasteiger partial charge in [-0.25, -0.2) is 9.48 Å². The topological polar surface area (TPSA) is 76.4 Å². The molecule has 2 aromatic carbocycles. The molecule has 1 aromatic heterocycles. The van der Waals surface area contributed by atoms with Gasteiger partial charge in [0.15, 0.2) is 0 Å². The maximum Gasteiger partial charge on any atom is 0.338 e. The van der Waals surface area contributed by atoms with Crippen LogP contribution >= 0.6 is 0 Å². The summed E-state index contributed by atoms with van der Waals surface area (Å²) in [5.74, 6) is 2.40. The Bertz CT molecular complexity index is 1360. The van der Waals surface area contributed by atoms with Crippen molar-refractivity contribution in [1.29, 1.82) is 0 Å². The van der Waals surface area contributed by atoms with Crippen LogP contribution < -0.4 is 5.56 Å². The van der Waals surface area contributed by atoms with Gasteiger partial charge in [-0.05, 0) is 117 Å². The molecular weight excluding hydrogens is 474 g/mol. The van der Waals surface area contributed by atoms with Crippen LogP contribution in [0.4, 0.5) is 5.69 Å². The first-order chi connectivity index (χ1) is 18.4. The predicted octanol–water partition coefficient (Wildman–Crippen LogP) is 6.65. The number of ether oxygens (including phenoxy) is 1. The van der Waals surface area contributed by atoms with Gasteiger partial charge in [0.25, 0.3) is 5.56 Å². The molecule has 1 N–H and O–H groups in total. The lowest BCUT2D eigenvalue weighted by Crippen LogP contribution is -2.48. The number of aryl methyl sites for hydroxylation is 1. The number of H-pyrrole nitrogens is 1. The Balaban J connectivity index is 1.17. The van der Waals surface area contributed by atoms with E-state index in [2.05, 4.69) is 41.3 Å². The molecule has 0 amide bonds. The Morgan fingerprint density at radius 3 is 2.26 bits per heavy atom. The zero-order chi connectivity index (χ0) is 26.3. The number of esters is 1.